The van der Waals surface area contributed by atoms with Crippen molar-refractivity contribution in [1.82, 2.24) is 4.90 Å². The Morgan fingerprint density at radius 3 is 2.81 bits per heavy atom. The molecule has 0 aromatic heterocycles. The van der Waals surface area contributed by atoms with Crippen LogP contribution >= 0.6 is 0 Å². The third kappa shape index (κ3) is 4.55. The van der Waals surface area contributed by atoms with Gasteiger partial charge >= 0.3 is 0 Å². The topological polar surface area (TPSA) is 60.1 Å². The molecule has 1 heterocycles. The van der Waals surface area contributed by atoms with Crippen LogP contribution in [-0.2, 0) is 0 Å². The molecule has 1 atom stereocenters. The number of nitrogens with zero attached hydrogens (tertiary/aromatic N) is 2. The Hall–Kier alpha value is -2.53. The van der Waals surface area contributed by atoms with Gasteiger partial charge in [0.2, 0.25) is 0 Å². The van der Waals surface area contributed by atoms with Gasteiger partial charge in [-0.05, 0) is 37.1 Å². The number of hydrogen-bond acceptors (Lipinski definition) is 5. The van der Waals surface area contributed by atoms with Crippen LogP contribution in [0.2, 0.25) is 0 Å². The molecule has 1 aliphatic heterocycles. The van der Waals surface area contributed by atoms with Crippen LogP contribution in [0, 0.1) is 0 Å². The molecule has 0 radical (unpaired) electrons. The Kier molecular flexibility index (Phi) is 6.50. The first-order chi connectivity index (χ1) is 12.8. The second-order valence-electron chi connectivity index (χ2n) is 6.49. The van der Waals surface area contributed by atoms with E-state index in [1.807, 2.05) is 18.2 Å². The molecule has 0 aliphatic carbocycles. The average molecular weight is 353 g/mol. The Bertz CT molecular complexity index is 718. The minimum Gasteiger partial charge on any atom is -0.496 e. The van der Waals surface area contributed by atoms with E-state index in [1.54, 1.807) is 13.3 Å². The molecule has 3 rings (SSSR count). The second-order valence-corrected chi connectivity index (χ2v) is 6.49. The fourth-order valence-electron chi connectivity index (χ4n) is 3.56. The summed E-state index contributed by atoms with van der Waals surface area (Å²) in [6.45, 7) is 2.68. The van der Waals surface area contributed by atoms with Gasteiger partial charge in [0, 0.05) is 24.2 Å². The van der Waals surface area contributed by atoms with E-state index in [1.165, 1.54) is 24.8 Å². The Labute approximate surface area is 155 Å². The van der Waals surface area contributed by atoms with Gasteiger partial charge in [-0.2, -0.15) is 5.10 Å². The largest absolute Gasteiger partial charge is 0.496 e. The van der Waals surface area contributed by atoms with Crippen LogP contribution in [-0.4, -0.2) is 37.9 Å². The zero-order chi connectivity index (χ0) is 18.2. The molecule has 0 saturated carbocycles. The maximum absolute atomic E-state index is 5.97. The highest BCUT2D eigenvalue weighted by atomic mass is 16.5. The molecular formula is C21H27N3O2. The molecule has 2 aromatic rings. The van der Waals surface area contributed by atoms with Crippen molar-refractivity contribution in [2.75, 3.05) is 26.8 Å². The number of hydrogen-bond donors (Lipinski definition) is 1. The van der Waals surface area contributed by atoms with Gasteiger partial charge < -0.3 is 15.3 Å². The number of nitrogens with two attached hydrogens (primary N) is 1. The minimum absolute atomic E-state index is 0.492. The molecule has 0 amide bonds. The van der Waals surface area contributed by atoms with Crippen molar-refractivity contribution in [2.24, 2.45) is 10.9 Å². The smallest absolute Gasteiger partial charge is 0.131 e. The fourth-order valence-corrected chi connectivity index (χ4v) is 3.56. The maximum Gasteiger partial charge on any atom is 0.131 e. The molecule has 26 heavy (non-hydrogen) atoms. The van der Waals surface area contributed by atoms with Gasteiger partial charge in [-0.15, -0.1) is 0 Å². The lowest BCUT2D eigenvalue weighted by Gasteiger charge is -2.36. The number of ether oxygens (including phenoxy) is 2. The molecule has 1 unspecified atom stereocenters. The summed E-state index contributed by atoms with van der Waals surface area (Å²) >= 11 is 0. The van der Waals surface area contributed by atoms with Crippen LogP contribution in [0.15, 0.2) is 53.6 Å². The number of benzene rings is 2. The van der Waals surface area contributed by atoms with E-state index >= 15 is 0 Å². The summed E-state index contributed by atoms with van der Waals surface area (Å²) in [5, 5.41) is 3.55. The Balaban J connectivity index is 1.59. The average Bonchev–Trinajstić information content (AvgIpc) is 2.70. The summed E-state index contributed by atoms with van der Waals surface area (Å²) in [4.78, 5) is 2.53. The second kappa shape index (κ2) is 9.25. The third-order valence-electron chi connectivity index (χ3n) is 4.86. The van der Waals surface area contributed by atoms with Gasteiger partial charge in [0.05, 0.1) is 13.3 Å². The first kappa shape index (κ1) is 18.3. The van der Waals surface area contributed by atoms with E-state index in [0.717, 1.165) is 24.4 Å². The van der Waals surface area contributed by atoms with Gasteiger partial charge in [0.15, 0.2) is 0 Å². The summed E-state index contributed by atoms with van der Waals surface area (Å²) in [5.41, 5.74) is 2.24. The summed E-state index contributed by atoms with van der Waals surface area (Å²) < 4.78 is 11.3. The van der Waals surface area contributed by atoms with Gasteiger partial charge in [-0.3, -0.25) is 4.90 Å². The minimum atomic E-state index is 0.492. The highest BCUT2D eigenvalue weighted by Gasteiger charge is 2.23. The van der Waals surface area contributed by atoms with Crippen molar-refractivity contribution in [3.63, 3.8) is 0 Å². The van der Waals surface area contributed by atoms with Crippen LogP contribution in [0.5, 0.6) is 11.5 Å². The summed E-state index contributed by atoms with van der Waals surface area (Å²) in [6.07, 6.45) is 5.33. The van der Waals surface area contributed by atoms with Crippen LogP contribution in [0.25, 0.3) is 0 Å². The third-order valence-corrected chi connectivity index (χ3v) is 4.86. The summed E-state index contributed by atoms with van der Waals surface area (Å²) in [5.74, 6) is 6.72. The van der Waals surface area contributed by atoms with Crippen molar-refractivity contribution in [1.29, 1.82) is 0 Å². The van der Waals surface area contributed by atoms with Crippen LogP contribution in [0.1, 0.15) is 36.4 Å². The molecular weight excluding hydrogens is 326 g/mol. The number of methoxy groups -OCH3 is 1. The van der Waals surface area contributed by atoms with Crippen molar-refractivity contribution >= 4 is 6.21 Å². The van der Waals surface area contributed by atoms with Crippen LogP contribution in [0.4, 0.5) is 0 Å². The SMILES string of the molecule is COc1cc(OCCN2CCCCC2c2ccccc2)ccc1C=NN. The number of hydrazone groups is 1. The van der Waals surface area contributed by atoms with E-state index in [-0.39, 0.29) is 0 Å². The molecule has 138 valence electrons. The van der Waals surface area contributed by atoms with Crippen molar-refractivity contribution in [3.05, 3.63) is 59.7 Å². The normalized spacial score (nSPS) is 18.1. The first-order valence-electron chi connectivity index (χ1n) is 9.15. The van der Waals surface area contributed by atoms with Crippen molar-refractivity contribution in [3.8, 4) is 11.5 Å². The number of piperidine rings is 1. The maximum atomic E-state index is 5.97. The molecule has 0 bridgehead atoms. The van der Waals surface area contributed by atoms with E-state index in [2.05, 4.69) is 40.3 Å². The zero-order valence-corrected chi connectivity index (χ0v) is 15.3. The summed E-state index contributed by atoms with van der Waals surface area (Å²) in [6, 6.07) is 17.0. The van der Waals surface area contributed by atoms with Crippen LogP contribution in [0.3, 0.4) is 0 Å². The molecule has 1 saturated heterocycles. The Morgan fingerprint density at radius 2 is 2.04 bits per heavy atom. The standard InChI is InChI=1S/C21H27N3O2/c1-25-21-15-19(11-10-18(21)16-23-22)26-14-13-24-12-6-5-9-20(24)17-7-3-2-4-8-17/h2-4,7-8,10-11,15-16,20H,5-6,9,12-14,22H2,1H3. The van der Waals surface area contributed by atoms with Gasteiger partial charge in [-0.25, -0.2) is 0 Å². The van der Waals surface area contributed by atoms with Crippen molar-refractivity contribution in [2.45, 2.75) is 25.3 Å². The molecule has 2 N–H and O–H groups in total. The molecule has 1 aliphatic rings. The van der Waals surface area contributed by atoms with Gasteiger partial charge in [0.1, 0.15) is 18.1 Å². The lowest BCUT2D eigenvalue weighted by atomic mass is 9.95. The predicted molar refractivity (Wildman–Crippen MR) is 105 cm³/mol. The van der Waals surface area contributed by atoms with E-state index < -0.39 is 0 Å². The lowest BCUT2D eigenvalue weighted by Crippen LogP contribution is -2.36. The summed E-state index contributed by atoms with van der Waals surface area (Å²) in [7, 11) is 1.63. The van der Waals surface area contributed by atoms with Crippen molar-refractivity contribution < 1.29 is 9.47 Å². The fraction of sp³-hybridized carbons (Fsp3) is 0.381. The van der Waals surface area contributed by atoms with E-state index in [9.17, 15) is 0 Å². The highest BCUT2D eigenvalue weighted by Crippen LogP contribution is 2.30. The predicted octanol–water partition coefficient (Wildman–Crippen LogP) is 3.59. The Morgan fingerprint density at radius 1 is 1.19 bits per heavy atom. The zero-order valence-electron chi connectivity index (χ0n) is 15.3. The van der Waals surface area contributed by atoms with E-state index in [0.29, 0.717) is 18.4 Å². The molecule has 2 aromatic carbocycles. The quantitative estimate of drug-likeness (QED) is 0.469. The molecule has 1 fully saturated rings. The number of likely N-dealkylation sites (tertiary alicyclic amines) is 1. The first-order valence-corrected chi connectivity index (χ1v) is 9.15. The van der Waals surface area contributed by atoms with Crippen LogP contribution < -0.4 is 15.3 Å². The molecule has 0 spiro atoms. The molecule has 5 nitrogen and oxygen atoms in total. The van der Waals surface area contributed by atoms with E-state index in [4.69, 9.17) is 15.3 Å². The molecule has 5 heteroatoms. The monoisotopic (exact) mass is 353 g/mol. The number of rotatable bonds is 7. The lowest BCUT2D eigenvalue weighted by molar-refractivity contribution is 0.123. The van der Waals surface area contributed by atoms with Gasteiger partial charge in [-0.1, -0.05) is 36.8 Å². The van der Waals surface area contributed by atoms with Gasteiger partial charge in [0.25, 0.3) is 0 Å². The highest BCUT2D eigenvalue weighted by molar-refractivity contribution is 5.83.